The highest BCUT2D eigenvalue weighted by molar-refractivity contribution is 5.92. The van der Waals surface area contributed by atoms with E-state index < -0.39 is 11.8 Å². The average molecular weight is 582 g/mol. The lowest BCUT2D eigenvalue weighted by molar-refractivity contribution is 0.0697. The summed E-state index contributed by atoms with van der Waals surface area (Å²) in [5.41, 5.74) is 2.21. The molecule has 1 aliphatic heterocycles. The van der Waals surface area contributed by atoms with Crippen molar-refractivity contribution in [2.45, 2.75) is 32.7 Å². The molecule has 0 radical (unpaired) electrons. The van der Waals surface area contributed by atoms with E-state index in [1.807, 2.05) is 22.8 Å². The summed E-state index contributed by atoms with van der Waals surface area (Å²) < 4.78 is 27.5. The van der Waals surface area contributed by atoms with E-state index in [-0.39, 0.29) is 23.8 Å². The van der Waals surface area contributed by atoms with Gasteiger partial charge in [0.05, 0.1) is 41.0 Å². The van der Waals surface area contributed by atoms with Crippen molar-refractivity contribution < 1.29 is 23.4 Å². The molecule has 1 N–H and O–H groups in total. The number of hydrogen-bond acceptors (Lipinski definition) is 9. The number of aromatic nitrogens is 4. The first-order valence-electron chi connectivity index (χ1n) is 13.8. The maximum Gasteiger partial charge on any atom is 0.335 e. The number of pyridine rings is 1. The molecule has 6 rings (SSSR count). The molecule has 11 nitrogen and oxygen atoms in total. The maximum absolute atomic E-state index is 14.3. The quantitative estimate of drug-likeness (QED) is 0.266. The van der Waals surface area contributed by atoms with Gasteiger partial charge in [-0.25, -0.2) is 19.2 Å². The molecular formula is C31H28FN7O4. The van der Waals surface area contributed by atoms with Gasteiger partial charge in [-0.3, -0.25) is 4.90 Å². The molecule has 0 aliphatic carbocycles. The van der Waals surface area contributed by atoms with E-state index in [0.717, 1.165) is 18.2 Å². The van der Waals surface area contributed by atoms with E-state index in [2.05, 4.69) is 26.7 Å². The van der Waals surface area contributed by atoms with Crippen molar-refractivity contribution in [3.05, 3.63) is 101 Å². The number of nitrogens with zero attached hydrogens (tertiary/aromatic N) is 7. The molecule has 1 atom stereocenters. The van der Waals surface area contributed by atoms with Crippen LogP contribution in [0, 0.1) is 17.1 Å². The van der Waals surface area contributed by atoms with Crippen molar-refractivity contribution in [3.8, 4) is 11.9 Å². The van der Waals surface area contributed by atoms with E-state index >= 15 is 0 Å². The zero-order valence-electron chi connectivity index (χ0n) is 23.4. The van der Waals surface area contributed by atoms with Crippen LogP contribution in [0.5, 0.6) is 5.88 Å². The van der Waals surface area contributed by atoms with E-state index in [4.69, 9.17) is 19.4 Å². The molecule has 1 fully saturated rings. The SMILES string of the molecule is C[C@H]1CN(c2cccc(OCc3ccc(C#N)cc3F)n2)CCN1Cc1nc2ccc(C(=O)O)cc2n1Cc1ncco1. The fourth-order valence-electron chi connectivity index (χ4n) is 5.24. The molecule has 1 saturated heterocycles. The number of benzene rings is 2. The Morgan fingerprint density at radius 1 is 1.16 bits per heavy atom. The van der Waals surface area contributed by atoms with Crippen LogP contribution in [0.3, 0.4) is 0 Å². The van der Waals surface area contributed by atoms with Gasteiger partial charge in [-0.1, -0.05) is 12.1 Å². The first-order chi connectivity index (χ1) is 20.9. The number of nitriles is 1. The molecule has 0 amide bonds. The lowest BCUT2D eigenvalue weighted by atomic mass is 10.1. The smallest absolute Gasteiger partial charge is 0.335 e. The van der Waals surface area contributed by atoms with E-state index in [1.165, 1.54) is 12.3 Å². The van der Waals surface area contributed by atoms with Crippen molar-refractivity contribution in [1.29, 1.82) is 5.26 Å². The normalized spacial score (nSPS) is 15.5. The maximum atomic E-state index is 14.3. The van der Waals surface area contributed by atoms with Crippen LogP contribution in [0.25, 0.3) is 11.0 Å². The van der Waals surface area contributed by atoms with Crippen LogP contribution in [-0.4, -0.2) is 61.2 Å². The topological polar surface area (TPSA) is 134 Å². The summed E-state index contributed by atoms with van der Waals surface area (Å²) in [6, 6.07) is 16.8. The minimum absolute atomic E-state index is 0.000655. The molecule has 43 heavy (non-hydrogen) atoms. The number of carbonyl (C=O) groups is 1. The number of imidazole rings is 1. The summed E-state index contributed by atoms with van der Waals surface area (Å²) >= 11 is 0. The molecule has 1 aliphatic rings. The zero-order valence-corrected chi connectivity index (χ0v) is 23.4. The Labute approximate surface area is 246 Å². The standard InChI is InChI=1S/C31H28FN7O4/c1-20-16-38(27-3-2-4-29(36-27)43-19-23-6-5-21(15-33)13-24(23)32)11-10-37(20)17-28-35-25-8-7-22(31(40)41)14-26(25)39(28)18-30-34-9-12-42-30/h2-9,12-14,20H,10-11,16-19H2,1H3,(H,40,41)/t20-/m0/s1. The van der Waals surface area contributed by atoms with Crippen molar-refractivity contribution >= 4 is 22.8 Å². The highest BCUT2D eigenvalue weighted by Crippen LogP contribution is 2.25. The summed E-state index contributed by atoms with van der Waals surface area (Å²) in [4.78, 5) is 29.9. The Morgan fingerprint density at radius 3 is 2.79 bits per heavy atom. The molecule has 0 saturated carbocycles. The third-order valence-electron chi connectivity index (χ3n) is 7.55. The third-order valence-corrected chi connectivity index (χ3v) is 7.55. The van der Waals surface area contributed by atoms with Crippen LogP contribution in [-0.2, 0) is 19.7 Å². The Kier molecular flexibility index (Phi) is 7.72. The summed E-state index contributed by atoms with van der Waals surface area (Å²) in [6.07, 6.45) is 3.09. The van der Waals surface area contributed by atoms with Crippen LogP contribution >= 0.6 is 0 Å². The second-order valence-electron chi connectivity index (χ2n) is 10.4. The van der Waals surface area contributed by atoms with Gasteiger partial charge in [0.25, 0.3) is 0 Å². The number of anilines is 1. The fraction of sp³-hybridized carbons (Fsp3) is 0.258. The molecule has 0 spiro atoms. The minimum Gasteiger partial charge on any atom is -0.478 e. The highest BCUT2D eigenvalue weighted by atomic mass is 19.1. The van der Waals surface area contributed by atoms with Gasteiger partial charge in [-0.15, -0.1) is 0 Å². The van der Waals surface area contributed by atoms with Crippen LogP contribution in [0.1, 0.15) is 40.1 Å². The number of piperazine rings is 1. The predicted octanol–water partition coefficient (Wildman–Crippen LogP) is 4.47. The largest absolute Gasteiger partial charge is 0.478 e. The lowest BCUT2D eigenvalue weighted by Gasteiger charge is -2.40. The third kappa shape index (κ3) is 6.02. The second kappa shape index (κ2) is 11.9. The monoisotopic (exact) mass is 581 g/mol. The number of rotatable bonds is 9. The van der Waals surface area contributed by atoms with Crippen LogP contribution in [0.2, 0.25) is 0 Å². The van der Waals surface area contributed by atoms with Gasteiger partial charge in [0.15, 0.2) is 0 Å². The molecule has 0 unspecified atom stereocenters. The number of ether oxygens (including phenoxy) is 1. The van der Waals surface area contributed by atoms with Crippen molar-refractivity contribution in [1.82, 2.24) is 24.4 Å². The summed E-state index contributed by atoms with van der Waals surface area (Å²) in [7, 11) is 0. The van der Waals surface area contributed by atoms with Gasteiger partial charge in [0, 0.05) is 37.3 Å². The number of hydrogen-bond donors (Lipinski definition) is 1. The average Bonchev–Trinajstić information content (AvgIpc) is 3.65. The number of aromatic carboxylic acids is 1. The lowest BCUT2D eigenvalue weighted by Crippen LogP contribution is -2.52. The van der Waals surface area contributed by atoms with E-state index in [0.29, 0.717) is 54.5 Å². The molecule has 12 heteroatoms. The molecule has 4 heterocycles. The first kappa shape index (κ1) is 27.9. The van der Waals surface area contributed by atoms with Crippen LogP contribution in [0.4, 0.5) is 10.2 Å². The van der Waals surface area contributed by atoms with E-state index in [1.54, 1.807) is 42.6 Å². The van der Waals surface area contributed by atoms with Gasteiger partial charge in [-0.2, -0.15) is 10.2 Å². The van der Waals surface area contributed by atoms with Gasteiger partial charge in [0.1, 0.15) is 36.9 Å². The van der Waals surface area contributed by atoms with Crippen LogP contribution in [0.15, 0.2) is 71.5 Å². The minimum atomic E-state index is -0.999. The fourth-order valence-corrected chi connectivity index (χ4v) is 5.24. The number of halogens is 1. The van der Waals surface area contributed by atoms with Gasteiger partial charge < -0.3 is 23.7 Å². The van der Waals surface area contributed by atoms with Gasteiger partial charge >= 0.3 is 5.97 Å². The highest BCUT2D eigenvalue weighted by Gasteiger charge is 2.27. The first-order valence-corrected chi connectivity index (χ1v) is 13.8. The molecular weight excluding hydrogens is 553 g/mol. The number of fused-ring (bicyclic) bond motifs is 1. The van der Waals surface area contributed by atoms with Crippen molar-refractivity contribution in [2.75, 3.05) is 24.5 Å². The summed E-state index contributed by atoms with van der Waals surface area (Å²) in [5, 5.41) is 18.5. The van der Waals surface area contributed by atoms with Crippen LogP contribution < -0.4 is 9.64 Å². The number of carboxylic acids is 1. The molecule has 3 aromatic heterocycles. The Bertz CT molecular complexity index is 1810. The Balaban J connectivity index is 1.15. The summed E-state index contributed by atoms with van der Waals surface area (Å²) in [6.45, 7) is 5.20. The summed E-state index contributed by atoms with van der Waals surface area (Å²) in [5.74, 6) is 0.964. The van der Waals surface area contributed by atoms with E-state index in [9.17, 15) is 14.3 Å². The van der Waals surface area contributed by atoms with Gasteiger partial charge in [0.2, 0.25) is 11.8 Å². The molecule has 218 valence electrons. The Morgan fingerprint density at radius 2 is 2.05 bits per heavy atom. The van der Waals surface area contributed by atoms with Crippen molar-refractivity contribution in [2.24, 2.45) is 0 Å². The van der Waals surface area contributed by atoms with Gasteiger partial charge in [-0.05, 0) is 43.3 Å². The number of carboxylic acid groups (broad SMARTS) is 1. The molecule has 5 aromatic rings. The zero-order chi connectivity index (χ0) is 29.9. The molecule has 0 bridgehead atoms. The predicted molar refractivity (Wildman–Crippen MR) is 154 cm³/mol. The second-order valence-corrected chi connectivity index (χ2v) is 10.4. The molecule has 2 aromatic carbocycles. The Hall–Kier alpha value is -5.28. The van der Waals surface area contributed by atoms with Crippen molar-refractivity contribution in [3.63, 3.8) is 0 Å². The number of oxazole rings is 1.